The largest absolute Gasteiger partial charge is 0.327 e. The molecule has 0 aromatic heterocycles. The number of nitrogens with zero attached hydrogens (tertiary/aromatic N) is 2. The first kappa shape index (κ1) is 13.7. The summed E-state index contributed by atoms with van der Waals surface area (Å²) in [5, 5.41) is 0. The summed E-state index contributed by atoms with van der Waals surface area (Å²) in [5.74, 6) is -0.524. The van der Waals surface area contributed by atoms with Gasteiger partial charge in [-0.1, -0.05) is 28.1 Å². The van der Waals surface area contributed by atoms with Gasteiger partial charge in [0.05, 0.1) is 6.54 Å². The van der Waals surface area contributed by atoms with Crippen LogP contribution in [-0.4, -0.2) is 40.6 Å². The zero-order chi connectivity index (χ0) is 14.0. The quantitative estimate of drug-likeness (QED) is 0.793. The summed E-state index contributed by atoms with van der Waals surface area (Å²) >= 11 is 3.34. The van der Waals surface area contributed by atoms with Crippen LogP contribution in [0.4, 0.5) is 4.79 Å². The Balaban J connectivity index is 2.06. The summed E-state index contributed by atoms with van der Waals surface area (Å²) in [6.07, 6.45) is 0. The van der Waals surface area contributed by atoms with Crippen molar-refractivity contribution >= 4 is 33.7 Å². The van der Waals surface area contributed by atoms with Gasteiger partial charge in [-0.2, -0.15) is 0 Å². The third-order valence-electron chi connectivity index (χ3n) is 2.80. The molecule has 2 rings (SSSR count). The molecule has 6 heteroatoms. The molecule has 0 radical (unpaired) electrons. The summed E-state index contributed by atoms with van der Waals surface area (Å²) in [6.45, 7) is 1.61. The lowest BCUT2D eigenvalue weighted by atomic mass is 10.2. The van der Waals surface area contributed by atoms with Gasteiger partial charge in [0.2, 0.25) is 0 Å². The molecule has 0 atom stereocenters. The van der Waals surface area contributed by atoms with Gasteiger partial charge in [-0.15, -0.1) is 0 Å². The van der Waals surface area contributed by atoms with Crippen LogP contribution in [0.1, 0.15) is 12.5 Å². The van der Waals surface area contributed by atoms with Gasteiger partial charge >= 0.3 is 6.03 Å². The van der Waals surface area contributed by atoms with Gasteiger partial charge in [-0.25, -0.2) is 4.79 Å². The Morgan fingerprint density at radius 3 is 2.47 bits per heavy atom. The zero-order valence-corrected chi connectivity index (χ0v) is 12.0. The van der Waals surface area contributed by atoms with E-state index in [1.165, 1.54) is 11.8 Å². The first-order valence-electron chi connectivity index (χ1n) is 5.80. The summed E-state index contributed by atoms with van der Waals surface area (Å²) in [7, 11) is 0. The molecule has 1 heterocycles. The smallest absolute Gasteiger partial charge is 0.311 e. The van der Waals surface area contributed by atoms with Crippen LogP contribution in [-0.2, 0) is 16.1 Å². The number of Topliss-reactive ketones (excluding diaryl/α,β-unsaturated/α-hetero) is 1. The lowest BCUT2D eigenvalue weighted by Gasteiger charge is -2.16. The van der Waals surface area contributed by atoms with Crippen LogP contribution in [0.15, 0.2) is 28.7 Å². The van der Waals surface area contributed by atoms with E-state index in [0.717, 1.165) is 14.9 Å². The Morgan fingerprint density at radius 1 is 1.26 bits per heavy atom. The van der Waals surface area contributed by atoms with E-state index >= 15 is 0 Å². The Bertz CT molecular complexity index is 527. The van der Waals surface area contributed by atoms with E-state index < -0.39 is 6.03 Å². The second kappa shape index (κ2) is 5.52. The Hall–Kier alpha value is -1.69. The van der Waals surface area contributed by atoms with E-state index in [1.807, 2.05) is 24.3 Å². The number of hydrogen-bond acceptors (Lipinski definition) is 3. The third kappa shape index (κ3) is 3.20. The summed E-state index contributed by atoms with van der Waals surface area (Å²) in [6, 6.07) is 7.13. The van der Waals surface area contributed by atoms with E-state index in [1.54, 1.807) is 0 Å². The SMILES string of the molecule is CC(=O)CN1C(=O)CN(Cc2ccc(Br)cc2)C1=O. The molecule has 1 aromatic rings. The van der Waals surface area contributed by atoms with Gasteiger partial charge in [-0.3, -0.25) is 14.5 Å². The third-order valence-corrected chi connectivity index (χ3v) is 3.32. The number of urea groups is 1. The molecular formula is C13H13BrN2O3. The average molecular weight is 325 g/mol. The lowest BCUT2D eigenvalue weighted by Crippen LogP contribution is -2.36. The van der Waals surface area contributed by atoms with Gasteiger partial charge in [-0.05, 0) is 24.6 Å². The van der Waals surface area contributed by atoms with Crippen molar-refractivity contribution < 1.29 is 14.4 Å². The fourth-order valence-corrected chi connectivity index (χ4v) is 2.17. The van der Waals surface area contributed by atoms with Crippen molar-refractivity contribution in [2.75, 3.05) is 13.1 Å². The van der Waals surface area contributed by atoms with Crippen LogP contribution in [0, 0.1) is 0 Å². The molecule has 0 spiro atoms. The molecule has 19 heavy (non-hydrogen) atoms. The van der Waals surface area contributed by atoms with Crippen LogP contribution in [0.5, 0.6) is 0 Å². The topological polar surface area (TPSA) is 57.7 Å². The monoisotopic (exact) mass is 324 g/mol. The summed E-state index contributed by atoms with van der Waals surface area (Å²) in [4.78, 5) is 37.1. The minimum absolute atomic E-state index is 0.0299. The van der Waals surface area contributed by atoms with Crippen molar-refractivity contribution in [2.45, 2.75) is 13.5 Å². The highest BCUT2D eigenvalue weighted by Gasteiger charge is 2.36. The minimum atomic E-state index is -0.400. The second-order valence-electron chi connectivity index (χ2n) is 4.45. The Labute approximate surface area is 119 Å². The number of ketones is 1. The highest BCUT2D eigenvalue weighted by atomic mass is 79.9. The minimum Gasteiger partial charge on any atom is -0.311 e. The zero-order valence-electron chi connectivity index (χ0n) is 10.4. The molecule has 0 saturated carbocycles. The number of hydrogen-bond donors (Lipinski definition) is 0. The van der Waals surface area contributed by atoms with Crippen molar-refractivity contribution in [2.24, 2.45) is 0 Å². The van der Waals surface area contributed by atoms with Crippen LogP contribution in [0.25, 0.3) is 0 Å². The van der Waals surface area contributed by atoms with E-state index in [2.05, 4.69) is 15.9 Å². The van der Waals surface area contributed by atoms with E-state index in [9.17, 15) is 14.4 Å². The highest BCUT2D eigenvalue weighted by molar-refractivity contribution is 9.10. The summed E-state index contributed by atoms with van der Waals surface area (Å²) in [5.41, 5.74) is 0.939. The van der Waals surface area contributed by atoms with E-state index in [4.69, 9.17) is 0 Å². The number of carbonyl (C=O) groups is 3. The maximum absolute atomic E-state index is 12.0. The predicted octanol–water partition coefficient (Wildman–Crippen LogP) is 1.80. The molecule has 1 aromatic carbocycles. The van der Waals surface area contributed by atoms with Crippen LogP contribution < -0.4 is 0 Å². The van der Waals surface area contributed by atoms with Crippen molar-refractivity contribution in [1.29, 1.82) is 0 Å². The first-order valence-corrected chi connectivity index (χ1v) is 6.60. The molecule has 0 N–H and O–H groups in total. The molecule has 0 unspecified atom stereocenters. The number of amides is 3. The number of imide groups is 1. The predicted molar refractivity (Wildman–Crippen MR) is 72.3 cm³/mol. The molecule has 1 saturated heterocycles. The number of halogens is 1. The van der Waals surface area contributed by atoms with Crippen LogP contribution in [0.2, 0.25) is 0 Å². The maximum atomic E-state index is 12.0. The fourth-order valence-electron chi connectivity index (χ4n) is 1.91. The van der Waals surface area contributed by atoms with Gasteiger partial charge in [0.25, 0.3) is 5.91 Å². The van der Waals surface area contributed by atoms with E-state index in [0.29, 0.717) is 6.54 Å². The Morgan fingerprint density at radius 2 is 1.89 bits per heavy atom. The maximum Gasteiger partial charge on any atom is 0.327 e. The molecule has 0 aliphatic carbocycles. The second-order valence-corrected chi connectivity index (χ2v) is 5.36. The normalized spacial score (nSPS) is 15.3. The van der Waals surface area contributed by atoms with Crippen molar-refractivity contribution in [3.63, 3.8) is 0 Å². The molecule has 1 fully saturated rings. The molecule has 100 valence electrons. The number of benzene rings is 1. The average Bonchev–Trinajstić information content (AvgIpc) is 2.60. The molecule has 5 nitrogen and oxygen atoms in total. The molecule has 0 bridgehead atoms. The van der Waals surface area contributed by atoms with Crippen molar-refractivity contribution in [3.8, 4) is 0 Å². The van der Waals surface area contributed by atoms with Gasteiger partial charge in [0, 0.05) is 11.0 Å². The molecular weight excluding hydrogens is 312 g/mol. The molecule has 1 aliphatic rings. The summed E-state index contributed by atoms with van der Waals surface area (Å²) < 4.78 is 0.957. The van der Waals surface area contributed by atoms with Crippen LogP contribution >= 0.6 is 15.9 Å². The number of carbonyl (C=O) groups excluding carboxylic acids is 3. The first-order chi connectivity index (χ1) is 8.97. The molecule has 3 amide bonds. The van der Waals surface area contributed by atoms with Gasteiger partial charge in [0.1, 0.15) is 12.3 Å². The van der Waals surface area contributed by atoms with Gasteiger partial charge < -0.3 is 4.90 Å². The lowest BCUT2D eigenvalue weighted by molar-refractivity contribution is -0.129. The van der Waals surface area contributed by atoms with Crippen molar-refractivity contribution in [1.82, 2.24) is 9.80 Å². The number of rotatable bonds is 4. The van der Waals surface area contributed by atoms with Crippen molar-refractivity contribution in [3.05, 3.63) is 34.3 Å². The Kier molecular flexibility index (Phi) is 3.99. The standard InChI is InChI=1S/C13H13BrN2O3/c1-9(17)6-16-12(18)8-15(13(16)19)7-10-2-4-11(14)5-3-10/h2-5H,6-8H2,1H3. The van der Waals surface area contributed by atoms with Crippen LogP contribution in [0.3, 0.4) is 0 Å². The molecule has 1 aliphatic heterocycles. The highest BCUT2D eigenvalue weighted by Crippen LogP contribution is 2.16. The van der Waals surface area contributed by atoms with E-state index in [-0.39, 0.29) is 24.8 Å². The van der Waals surface area contributed by atoms with Gasteiger partial charge in [0.15, 0.2) is 0 Å². The fraction of sp³-hybridized carbons (Fsp3) is 0.308.